The molecule has 4 N–H and O–H groups in total. The molecule has 1 fully saturated rings. The quantitative estimate of drug-likeness (QED) is 0.307. The number of benzene rings is 2. The number of fused-ring (bicyclic) bond motifs is 1. The summed E-state index contributed by atoms with van der Waals surface area (Å²) in [4.78, 5) is 17.2. The third-order valence-electron chi connectivity index (χ3n) is 7.72. The van der Waals surface area contributed by atoms with Gasteiger partial charge in [-0.1, -0.05) is 13.8 Å². The summed E-state index contributed by atoms with van der Waals surface area (Å²) in [5, 5.41) is 13.4. The third kappa shape index (κ3) is 5.36. The summed E-state index contributed by atoms with van der Waals surface area (Å²) in [6.45, 7) is 2.29. The first-order valence-electron chi connectivity index (χ1n) is 13.4. The number of nitrogens with one attached hydrogen (secondary N) is 1. The lowest BCUT2D eigenvalue weighted by Gasteiger charge is -2.32. The number of aliphatic hydroxyl groups is 1. The van der Waals surface area contributed by atoms with E-state index in [4.69, 9.17) is 19.9 Å². The van der Waals surface area contributed by atoms with Crippen LogP contribution >= 0.6 is 0 Å². The Hall–Kier alpha value is -3.90. The number of amides is 1. The number of alkyl halides is 3. The molecule has 0 saturated heterocycles. The summed E-state index contributed by atoms with van der Waals surface area (Å²) in [6.07, 6.45) is -3.41. The molecule has 2 aliphatic rings. The van der Waals surface area contributed by atoms with Gasteiger partial charge in [0.05, 0.1) is 31.0 Å². The van der Waals surface area contributed by atoms with Gasteiger partial charge < -0.3 is 30.4 Å². The van der Waals surface area contributed by atoms with Crippen molar-refractivity contribution in [3.8, 4) is 28.5 Å². The van der Waals surface area contributed by atoms with Crippen LogP contribution in [0.3, 0.4) is 0 Å². The van der Waals surface area contributed by atoms with Crippen molar-refractivity contribution in [2.24, 2.45) is 11.7 Å². The molecule has 2 atom stereocenters. The molecular formula is C30H31F4N3O5. The number of rotatable bonds is 9. The molecular weight excluding hydrogens is 558 g/mol. The van der Waals surface area contributed by atoms with Crippen LogP contribution in [0.1, 0.15) is 48.3 Å². The molecule has 0 spiro atoms. The topological polar surface area (TPSA) is 116 Å². The molecule has 8 nitrogen and oxygen atoms in total. The number of methoxy groups -OCH3 is 1. The minimum absolute atomic E-state index is 0.00242. The van der Waals surface area contributed by atoms with E-state index in [1.165, 1.54) is 37.4 Å². The highest BCUT2D eigenvalue weighted by atomic mass is 19.4. The molecule has 1 aromatic heterocycles. The van der Waals surface area contributed by atoms with Crippen molar-refractivity contribution < 1.29 is 41.7 Å². The van der Waals surface area contributed by atoms with Crippen molar-refractivity contribution in [3.63, 3.8) is 0 Å². The zero-order chi connectivity index (χ0) is 30.4. The van der Waals surface area contributed by atoms with Crippen LogP contribution in [0.5, 0.6) is 17.2 Å². The monoisotopic (exact) mass is 589 g/mol. The summed E-state index contributed by atoms with van der Waals surface area (Å²) >= 11 is 0. The molecule has 1 aliphatic carbocycles. The molecule has 2 aromatic carbocycles. The maximum Gasteiger partial charge on any atom is 0.424 e. The van der Waals surface area contributed by atoms with Crippen molar-refractivity contribution in [1.29, 1.82) is 0 Å². The Bertz CT molecular complexity index is 1490. The minimum atomic E-state index is -5.27. The Balaban J connectivity index is 1.52. The first-order valence-corrected chi connectivity index (χ1v) is 13.4. The molecule has 1 amide bonds. The van der Waals surface area contributed by atoms with Crippen molar-refractivity contribution in [3.05, 3.63) is 71.2 Å². The van der Waals surface area contributed by atoms with E-state index in [-0.39, 0.29) is 52.5 Å². The van der Waals surface area contributed by atoms with Gasteiger partial charge in [-0.05, 0) is 67.3 Å². The molecule has 12 heteroatoms. The number of pyridine rings is 1. The number of aromatic nitrogens is 1. The van der Waals surface area contributed by atoms with E-state index in [1.807, 2.05) is 0 Å². The second kappa shape index (κ2) is 10.7. The van der Waals surface area contributed by atoms with Crippen molar-refractivity contribution >= 4 is 5.91 Å². The number of nitrogens with zero attached hydrogens (tertiary/aromatic N) is 1. The maximum absolute atomic E-state index is 14.6. The van der Waals surface area contributed by atoms with Crippen LogP contribution in [0.25, 0.3) is 11.3 Å². The molecule has 3 aromatic rings. The first-order chi connectivity index (χ1) is 19.8. The van der Waals surface area contributed by atoms with Crippen LogP contribution in [0.2, 0.25) is 0 Å². The smallest absolute Gasteiger partial charge is 0.424 e. The predicted molar refractivity (Wildman–Crippen MR) is 145 cm³/mol. The van der Waals surface area contributed by atoms with Crippen LogP contribution in [0, 0.1) is 11.7 Å². The zero-order valence-corrected chi connectivity index (χ0v) is 23.2. The van der Waals surface area contributed by atoms with Crippen LogP contribution in [-0.4, -0.2) is 48.5 Å². The number of nitrogens with two attached hydrogens (primary N) is 1. The van der Waals surface area contributed by atoms with Gasteiger partial charge in [-0.15, -0.1) is 0 Å². The van der Waals surface area contributed by atoms with E-state index >= 15 is 0 Å². The number of carbonyl (C=O) groups excluding carboxylic acids is 1. The molecule has 5 rings (SSSR count). The van der Waals surface area contributed by atoms with Gasteiger partial charge in [0, 0.05) is 16.7 Å². The first kappa shape index (κ1) is 29.6. The Morgan fingerprint density at radius 2 is 1.86 bits per heavy atom. The Morgan fingerprint density at radius 1 is 1.17 bits per heavy atom. The fourth-order valence-corrected chi connectivity index (χ4v) is 4.71. The second-order valence-corrected chi connectivity index (χ2v) is 10.9. The fourth-order valence-electron chi connectivity index (χ4n) is 4.71. The largest absolute Gasteiger partial charge is 0.493 e. The van der Waals surface area contributed by atoms with Crippen LogP contribution in [-0.2, 0) is 11.1 Å². The van der Waals surface area contributed by atoms with E-state index in [2.05, 4.69) is 10.3 Å². The molecule has 2 unspecified atom stereocenters. The second-order valence-electron chi connectivity index (χ2n) is 10.9. The summed E-state index contributed by atoms with van der Waals surface area (Å²) < 4.78 is 74.4. The summed E-state index contributed by atoms with van der Waals surface area (Å²) in [7, 11) is 1.38. The molecule has 0 bridgehead atoms. The van der Waals surface area contributed by atoms with Gasteiger partial charge in [0.2, 0.25) is 5.60 Å². The SMILES string of the molecule is COc1cc(C(=O)NCC(O)(c2cc3c(c(-c4ccc(F)cc4)n2)OCC3(N)C(C)C)C(F)(F)F)ccc1OC1CC1. The Kier molecular flexibility index (Phi) is 7.56. The maximum atomic E-state index is 14.6. The van der Waals surface area contributed by atoms with Crippen LogP contribution in [0.15, 0.2) is 48.5 Å². The molecule has 2 heterocycles. The Morgan fingerprint density at radius 3 is 2.45 bits per heavy atom. The average Bonchev–Trinajstić information content (AvgIpc) is 3.71. The number of halogens is 4. The lowest BCUT2D eigenvalue weighted by atomic mass is 9.81. The number of hydrogen-bond acceptors (Lipinski definition) is 7. The molecule has 42 heavy (non-hydrogen) atoms. The summed E-state index contributed by atoms with van der Waals surface area (Å²) in [5.41, 5.74) is 1.44. The predicted octanol–water partition coefficient (Wildman–Crippen LogP) is 4.82. The molecule has 1 saturated carbocycles. The fraction of sp³-hybridized carbons (Fsp3) is 0.400. The van der Waals surface area contributed by atoms with Gasteiger partial charge in [-0.3, -0.25) is 4.79 Å². The van der Waals surface area contributed by atoms with E-state index in [9.17, 15) is 27.5 Å². The van der Waals surface area contributed by atoms with E-state index < -0.39 is 41.3 Å². The van der Waals surface area contributed by atoms with Gasteiger partial charge in [0.25, 0.3) is 5.91 Å². The van der Waals surface area contributed by atoms with Gasteiger partial charge in [0.15, 0.2) is 17.2 Å². The lowest BCUT2D eigenvalue weighted by molar-refractivity contribution is -0.265. The van der Waals surface area contributed by atoms with Gasteiger partial charge >= 0.3 is 6.18 Å². The van der Waals surface area contributed by atoms with Crippen molar-refractivity contribution in [1.82, 2.24) is 10.3 Å². The minimum Gasteiger partial charge on any atom is -0.493 e. The number of ether oxygens (including phenoxy) is 3. The highest BCUT2D eigenvalue weighted by Gasteiger charge is 2.57. The molecule has 0 radical (unpaired) electrons. The van der Waals surface area contributed by atoms with E-state index in [0.29, 0.717) is 5.75 Å². The van der Waals surface area contributed by atoms with Crippen molar-refractivity contribution in [2.75, 3.05) is 20.3 Å². The van der Waals surface area contributed by atoms with Gasteiger partial charge in [-0.25, -0.2) is 9.37 Å². The van der Waals surface area contributed by atoms with Gasteiger partial charge in [-0.2, -0.15) is 13.2 Å². The van der Waals surface area contributed by atoms with Gasteiger partial charge in [0.1, 0.15) is 18.1 Å². The van der Waals surface area contributed by atoms with Crippen molar-refractivity contribution in [2.45, 2.75) is 50.1 Å². The summed E-state index contributed by atoms with van der Waals surface area (Å²) in [6, 6.07) is 10.3. The third-order valence-corrected chi connectivity index (χ3v) is 7.72. The standard InChI is InChI=1S/C30H31F4N3O5/c1-16(2)28(35)15-41-26-21(28)13-24(37-25(26)17-4-7-19(31)8-5-17)29(39,30(32,33)34)14-36-27(38)18-6-11-22(23(12-18)40-3)42-20-9-10-20/h4-8,11-13,16,20,39H,9-10,14-15,35H2,1-3H3,(H,36,38). The highest BCUT2D eigenvalue weighted by Crippen LogP contribution is 2.48. The lowest BCUT2D eigenvalue weighted by Crippen LogP contribution is -2.52. The number of carbonyl (C=O) groups is 1. The van der Waals surface area contributed by atoms with Crippen LogP contribution in [0.4, 0.5) is 17.6 Å². The molecule has 224 valence electrons. The van der Waals surface area contributed by atoms with Crippen LogP contribution < -0.4 is 25.3 Å². The molecule has 1 aliphatic heterocycles. The van der Waals surface area contributed by atoms with E-state index in [1.54, 1.807) is 13.8 Å². The summed E-state index contributed by atoms with van der Waals surface area (Å²) in [5.74, 6) is -0.894. The Labute approximate surface area is 239 Å². The number of hydrogen-bond donors (Lipinski definition) is 3. The highest BCUT2D eigenvalue weighted by molar-refractivity contribution is 5.95. The normalized spacial score (nSPS) is 19.6. The average molecular weight is 590 g/mol. The van der Waals surface area contributed by atoms with E-state index in [0.717, 1.165) is 31.0 Å². The zero-order valence-electron chi connectivity index (χ0n) is 23.2.